The largest absolute Gasteiger partial charge is 0.481 e. The summed E-state index contributed by atoms with van der Waals surface area (Å²) < 4.78 is 1.04. The Kier molecular flexibility index (Phi) is 2.04. The molecule has 92 valence electrons. The second-order valence-corrected chi connectivity index (χ2v) is 4.92. The average molecular weight is 239 g/mol. The monoisotopic (exact) mass is 239 g/mol. The molecule has 1 aromatic heterocycles. The van der Waals surface area contributed by atoms with Gasteiger partial charge in [-0.25, -0.2) is 24.4 Å². The van der Waals surface area contributed by atoms with Gasteiger partial charge in [-0.1, -0.05) is 0 Å². The molecule has 17 heavy (non-hydrogen) atoms. The van der Waals surface area contributed by atoms with Gasteiger partial charge in [0.15, 0.2) is 0 Å². The van der Waals surface area contributed by atoms with Gasteiger partial charge in [0, 0.05) is 0 Å². The van der Waals surface area contributed by atoms with Crippen molar-refractivity contribution in [1.82, 2.24) is 14.8 Å². The third kappa shape index (κ3) is 1.31. The van der Waals surface area contributed by atoms with E-state index in [9.17, 15) is 19.5 Å². The van der Waals surface area contributed by atoms with Crippen molar-refractivity contribution >= 4 is 5.97 Å². The number of nitrogens with zero attached hydrogens (tertiary/aromatic N) is 1. The second-order valence-electron chi connectivity index (χ2n) is 4.92. The van der Waals surface area contributed by atoms with Crippen LogP contribution in [0.15, 0.2) is 9.59 Å². The lowest BCUT2D eigenvalue weighted by Crippen LogP contribution is -2.40. The number of aliphatic carboxylic acids is 1. The van der Waals surface area contributed by atoms with Gasteiger partial charge < -0.3 is 5.11 Å². The molecule has 2 aliphatic carbocycles. The quantitative estimate of drug-likeness (QED) is 0.648. The lowest BCUT2D eigenvalue weighted by atomic mass is 9.84. The van der Waals surface area contributed by atoms with Crippen LogP contribution in [0.3, 0.4) is 0 Å². The first kappa shape index (κ1) is 10.4. The van der Waals surface area contributed by atoms with Gasteiger partial charge in [-0.15, -0.1) is 0 Å². The molecule has 4 atom stereocenters. The summed E-state index contributed by atoms with van der Waals surface area (Å²) in [6.07, 6.45) is 2.59. The van der Waals surface area contributed by atoms with E-state index in [1.807, 2.05) is 0 Å². The topological polar surface area (TPSA) is 108 Å². The maximum Gasteiger partial charge on any atom is 0.344 e. The van der Waals surface area contributed by atoms with Crippen LogP contribution in [0.1, 0.15) is 25.3 Å². The molecule has 1 aromatic rings. The Morgan fingerprint density at radius 2 is 1.76 bits per heavy atom. The summed E-state index contributed by atoms with van der Waals surface area (Å²) in [6, 6.07) is -0.492. The minimum absolute atomic E-state index is 0.101. The van der Waals surface area contributed by atoms with Gasteiger partial charge in [0.2, 0.25) is 0 Å². The van der Waals surface area contributed by atoms with E-state index in [-0.39, 0.29) is 11.8 Å². The summed E-state index contributed by atoms with van der Waals surface area (Å²) in [5.41, 5.74) is -1.09. The molecule has 0 radical (unpaired) electrons. The third-order valence-electron chi connectivity index (χ3n) is 4.17. The van der Waals surface area contributed by atoms with Crippen molar-refractivity contribution in [3.8, 4) is 0 Å². The van der Waals surface area contributed by atoms with Crippen LogP contribution in [0.2, 0.25) is 0 Å². The van der Waals surface area contributed by atoms with Gasteiger partial charge in [-0.05, 0) is 31.1 Å². The molecule has 0 aromatic carbocycles. The molecule has 1 heterocycles. The summed E-state index contributed by atoms with van der Waals surface area (Å²) in [7, 11) is 0. The van der Waals surface area contributed by atoms with Gasteiger partial charge in [0.1, 0.15) is 0 Å². The van der Waals surface area contributed by atoms with Crippen LogP contribution in [0.25, 0.3) is 0 Å². The van der Waals surface area contributed by atoms with E-state index >= 15 is 0 Å². The van der Waals surface area contributed by atoms with E-state index in [1.54, 1.807) is 0 Å². The minimum atomic E-state index is -0.908. The number of nitrogens with one attached hydrogen (secondary N) is 2. The SMILES string of the molecule is O=C(O)C1C2CCC(C2)C1n1c(=O)[nH][nH]c1=O. The fraction of sp³-hybridized carbons (Fsp3) is 0.700. The molecular formula is C10H13N3O4. The maximum atomic E-state index is 11.6. The Labute approximate surface area is 95.4 Å². The fourth-order valence-electron chi connectivity index (χ4n) is 3.57. The van der Waals surface area contributed by atoms with Crippen molar-refractivity contribution in [2.24, 2.45) is 17.8 Å². The van der Waals surface area contributed by atoms with Gasteiger partial charge in [0.05, 0.1) is 12.0 Å². The predicted molar refractivity (Wildman–Crippen MR) is 56.7 cm³/mol. The van der Waals surface area contributed by atoms with Crippen LogP contribution in [-0.2, 0) is 4.79 Å². The number of H-pyrrole nitrogens is 2. The maximum absolute atomic E-state index is 11.6. The van der Waals surface area contributed by atoms with E-state index in [4.69, 9.17) is 0 Å². The van der Waals surface area contributed by atoms with Crippen molar-refractivity contribution < 1.29 is 9.90 Å². The Hall–Kier alpha value is -1.79. The summed E-state index contributed by atoms with van der Waals surface area (Å²) in [5.74, 6) is -1.28. The zero-order valence-corrected chi connectivity index (χ0v) is 9.05. The molecule has 3 rings (SSSR count). The Balaban J connectivity index is 2.11. The number of aromatic amines is 2. The van der Waals surface area contributed by atoms with Crippen molar-refractivity contribution in [2.75, 3.05) is 0 Å². The molecular weight excluding hydrogens is 226 g/mol. The molecule has 2 fully saturated rings. The number of hydrogen-bond acceptors (Lipinski definition) is 3. The van der Waals surface area contributed by atoms with Crippen molar-refractivity contribution in [1.29, 1.82) is 0 Å². The predicted octanol–water partition coefficient (Wildman–Crippen LogP) is -0.464. The highest BCUT2D eigenvalue weighted by molar-refractivity contribution is 5.72. The number of carboxylic acid groups (broad SMARTS) is 1. The Morgan fingerprint density at radius 1 is 1.18 bits per heavy atom. The van der Waals surface area contributed by atoms with Crippen LogP contribution in [-0.4, -0.2) is 25.8 Å². The van der Waals surface area contributed by atoms with Crippen LogP contribution in [0.5, 0.6) is 0 Å². The number of fused-ring (bicyclic) bond motifs is 2. The first-order valence-corrected chi connectivity index (χ1v) is 5.71. The lowest BCUT2D eigenvalue weighted by Gasteiger charge is -2.27. The summed E-state index contributed by atoms with van der Waals surface area (Å²) >= 11 is 0. The zero-order chi connectivity index (χ0) is 12.2. The summed E-state index contributed by atoms with van der Waals surface area (Å²) in [6.45, 7) is 0. The van der Waals surface area contributed by atoms with Gasteiger partial charge in [-0.3, -0.25) is 4.79 Å². The van der Waals surface area contributed by atoms with Gasteiger partial charge >= 0.3 is 17.3 Å². The van der Waals surface area contributed by atoms with Crippen LogP contribution in [0.4, 0.5) is 0 Å². The Morgan fingerprint density at radius 3 is 2.35 bits per heavy atom. The van der Waals surface area contributed by atoms with Crippen molar-refractivity contribution in [3.05, 3.63) is 21.0 Å². The molecule has 2 saturated carbocycles. The van der Waals surface area contributed by atoms with E-state index in [1.165, 1.54) is 0 Å². The zero-order valence-electron chi connectivity index (χ0n) is 9.05. The highest BCUT2D eigenvalue weighted by atomic mass is 16.4. The smallest absolute Gasteiger partial charge is 0.344 e. The molecule has 0 aliphatic heterocycles. The number of hydrogen-bond donors (Lipinski definition) is 3. The van der Waals surface area contributed by atoms with E-state index in [0.29, 0.717) is 0 Å². The molecule has 0 amide bonds. The molecule has 3 N–H and O–H groups in total. The summed E-state index contributed by atoms with van der Waals surface area (Å²) in [4.78, 5) is 34.4. The first-order chi connectivity index (χ1) is 8.09. The second kappa shape index (κ2) is 3.35. The summed E-state index contributed by atoms with van der Waals surface area (Å²) in [5, 5.41) is 13.7. The van der Waals surface area contributed by atoms with Crippen molar-refractivity contribution in [3.63, 3.8) is 0 Å². The molecule has 2 aliphatic rings. The minimum Gasteiger partial charge on any atom is -0.481 e. The number of aromatic nitrogens is 3. The molecule has 4 unspecified atom stereocenters. The molecule has 2 bridgehead atoms. The molecule has 0 saturated heterocycles. The highest BCUT2D eigenvalue weighted by Gasteiger charge is 2.52. The van der Waals surface area contributed by atoms with Gasteiger partial charge in [-0.2, -0.15) is 0 Å². The lowest BCUT2D eigenvalue weighted by molar-refractivity contribution is -0.145. The van der Waals surface area contributed by atoms with Crippen molar-refractivity contribution in [2.45, 2.75) is 25.3 Å². The normalized spacial score (nSPS) is 35.3. The molecule has 7 nitrogen and oxygen atoms in total. The van der Waals surface area contributed by atoms with Crippen LogP contribution < -0.4 is 11.4 Å². The third-order valence-corrected chi connectivity index (χ3v) is 4.17. The fourth-order valence-corrected chi connectivity index (χ4v) is 3.57. The van der Waals surface area contributed by atoms with Crippen LogP contribution >= 0.6 is 0 Å². The average Bonchev–Trinajstić information content (AvgIpc) is 2.92. The molecule has 7 heteroatoms. The van der Waals surface area contributed by atoms with E-state index in [2.05, 4.69) is 10.2 Å². The number of rotatable bonds is 2. The number of carbonyl (C=O) groups is 1. The Bertz CT molecular complexity index is 541. The standard InChI is InChI=1S/C10H13N3O4/c14-8(15)6-4-1-2-5(3-4)7(6)13-9(16)11-12-10(13)17/h4-7H,1-3H2,(H,11,16)(H,12,17)(H,14,15). The highest BCUT2D eigenvalue weighted by Crippen LogP contribution is 2.53. The first-order valence-electron chi connectivity index (χ1n) is 5.71. The van der Waals surface area contributed by atoms with E-state index in [0.717, 1.165) is 23.8 Å². The van der Waals surface area contributed by atoms with Gasteiger partial charge in [0.25, 0.3) is 0 Å². The van der Waals surface area contributed by atoms with E-state index < -0.39 is 29.3 Å². The molecule has 0 spiro atoms. The van der Waals surface area contributed by atoms with Crippen LogP contribution in [0, 0.1) is 17.8 Å². The number of carboxylic acids is 1.